The smallest absolute Gasteiger partial charge is 0.241 e. The van der Waals surface area contributed by atoms with Crippen LogP contribution in [-0.2, 0) is 17.9 Å². The van der Waals surface area contributed by atoms with Gasteiger partial charge in [-0.15, -0.1) is 5.10 Å². The van der Waals surface area contributed by atoms with Gasteiger partial charge in [0.2, 0.25) is 5.91 Å². The Bertz CT molecular complexity index is 412. The molecule has 0 radical (unpaired) electrons. The number of nitrogens with one attached hydrogen (secondary N) is 1. The molecule has 2 rings (SSSR count). The van der Waals surface area contributed by atoms with Gasteiger partial charge >= 0.3 is 0 Å². The molecule has 19 heavy (non-hydrogen) atoms. The highest BCUT2D eigenvalue weighted by Crippen LogP contribution is 2.10. The minimum absolute atomic E-state index is 0.0421. The molecule has 1 atom stereocenters. The summed E-state index contributed by atoms with van der Waals surface area (Å²) in [4.78, 5) is 14.2. The third-order valence-corrected chi connectivity index (χ3v) is 3.46. The van der Waals surface area contributed by atoms with Crippen LogP contribution in [0.2, 0.25) is 0 Å². The van der Waals surface area contributed by atoms with Gasteiger partial charge in [-0.2, -0.15) is 0 Å². The van der Waals surface area contributed by atoms with Gasteiger partial charge in [-0.25, -0.2) is 4.68 Å². The van der Waals surface area contributed by atoms with Gasteiger partial charge in [0.15, 0.2) is 0 Å². The zero-order valence-electron chi connectivity index (χ0n) is 11.4. The van der Waals surface area contributed by atoms with Gasteiger partial charge in [0.25, 0.3) is 0 Å². The van der Waals surface area contributed by atoms with Crippen molar-refractivity contribution < 1.29 is 4.79 Å². The molecule has 1 saturated heterocycles. The van der Waals surface area contributed by atoms with E-state index in [1.54, 1.807) is 6.20 Å². The molecule has 7 nitrogen and oxygen atoms in total. The summed E-state index contributed by atoms with van der Waals surface area (Å²) in [7, 11) is 0. The minimum atomic E-state index is -0.0421. The van der Waals surface area contributed by atoms with Crippen molar-refractivity contribution >= 4 is 5.91 Å². The normalized spacial score (nSPS) is 17.6. The highest BCUT2D eigenvalue weighted by Gasteiger charge is 2.18. The fourth-order valence-corrected chi connectivity index (χ4v) is 2.29. The lowest BCUT2D eigenvalue weighted by atomic mass is 10.3. The second kappa shape index (κ2) is 6.63. The van der Waals surface area contributed by atoms with E-state index in [-0.39, 0.29) is 12.5 Å². The SMILES string of the molecule is CC(CNC(=O)Cn1cc(CN)nn1)N1CCCC1. The van der Waals surface area contributed by atoms with Gasteiger partial charge in [-0.3, -0.25) is 9.69 Å². The number of hydrogen-bond donors (Lipinski definition) is 2. The maximum absolute atomic E-state index is 11.8. The first-order valence-electron chi connectivity index (χ1n) is 6.79. The van der Waals surface area contributed by atoms with Gasteiger partial charge in [-0.1, -0.05) is 5.21 Å². The largest absolute Gasteiger partial charge is 0.353 e. The topological polar surface area (TPSA) is 89.1 Å². The summed E-state index contributed by atoms with van der Waals surface area (Å²) in [6.07, 6.45) is 4.22. The molecule has 1 amide bonds. The number of nitrogens with zero attached hydrogens (tertiary/aromatic N) is 4. The Kier molecular flexibility index (Phi) is 4.86. The van der Waals surface area contributed by atoms with E-state index in [1.807, 2.05) is 0 Å². The number of rotatable bonds is 6. The molecule has 1 aliphatic heterocycles. The molecule has 1 aromatic rings. The molecule has 1 fully saturated rings. The van der Waals surface area contributed by atoms with E-state index in [9.17, 15) is 4.79 Å². The van der Waals surface area contributed by atoms with Crippen molar-refractivity contribution in [3.8, 4) is 0 Å². The molecule has 1 aliphatic rings. The molecule has 1 aromatic heterocycles. The van der Waals surface area contributed by atoms with Crippen LogP contribution in [0.15, 0.2) is 6.20 Å². The van der Waals surface area contributed by atoms with E-state index in [2.05, 4.69) is 27.5 Å². The van der Waals surface area contributed by atoms with Crippen LogP contribution in [0, 0.1) is 0 Å². The Morgan fingerprint density at radius 2 is 2.26 bits per heavy atom. The lowest BCUT2D eigenvalue weighted by Crippen LogP contribution is -2.41. The van der Waals surface area contributed by atoms with Gasteiger partial charge < -0.3 is 11.1 Å². The second-order valence-electron chi connectivity index (χ2n) is 5.01. The molecular formula is C12H22N6O. The van der Waals surface area contributed by atoms with Crippen LogP contribution in [0.3, 0.4) is 0 Å². The molecule has 0 aliphatic carbocycles. The molecule has 106 valence electrons. The number of likely N-dealkylation sites (tertiary alicyclic amines) is 1. The number of carbonyl (C=O) groups excluding carboxylic acids is 1. The predicted octanol–water partition coefficient (Wildman–Crippen LogP) is -0.663. The Hall–Kier alpha value is -1.47. The Balaban J connectivity index is 1.71. The summed E-state index contributed by atoms with van der Waals surface area (Å²) in [6, 6.07) is 0.391. The summed E-state index contributed by atoms with van der Waals surface area (Å²) < 4.78 is 1.51. The summed E-state index contributed by atoms with van der Waals surface area (Å²) in [6.45, 7) is 5.64. The fraction of sp³-hybridized carbons (Fsp3) is 0.750. The monoisotopic (exact) mass is 266 g/mol. The van der Waals surface area contributed by atoms with Crippen LogP contribution < -0.4 is 11.1 Å². The van der Waals surface area contributed by atoms with Crippen molar-refractivity contribution in [1.82, 2.24) is 25.2 Å². The highest BCUT2D eigenvalue weighted by atomic mass is 16.2. The minimum Gasteiger partial charge on any atom is -0.353 e. The number of carbonyl (C=O) groups is 1. The van der Waals surface area contributed by atoms with Crippen LogP contribution in [-0.4, -0.2) is 51.5 Å². The van der Waals surface area contributed by atoms with Crippen LogP contribution in [0.5, 0.6) is 0 Å². The van der Waals surface area contributed by atoms with Crippen molar-refractivity contribution in [3.63, 3.8) is 0 Å². The third kappa shape index (κ3) is 4.00. The zero-order valence-corrected chi connectivity index (χ0v) is 11.4. The van der Waals surface area contributed by atoms with E-state index < -0.39 is 0 Å². The number of aromatic nitrogens is 3. The van der Waals surface area contributed by atoms with Crippen LogP contribution in [0.1, 0.15) is 25.5 Å². The van der Waals surface area contributed by atoms with E-state index in [0.29, 0.717) is 24.8 Å². The molecule has 3 N–H and O–H groups in total. The van der Waals surface area contributed by atoms with E-state index >= 15 is 0 Å². The van der Waals surface area contributed by atoms with Crippen LogP contribution in [0.25, 0.3) is 0 Å². The average Bonchev–Trinajstić information content (AvgIpc) is 3.06. The molecule has 7 heteroatoms. The Morgan fingerprint density at radius 1 is 1.53 bits per heavy atom. The van der Waals surface area contributed by atoms with Crippen molar-refractivity contribution in [2.45, 2.75) is 38.9 Å². The number of amides is 1. The van der Waals surface area contributed by atoms with Crippen molar-refractivity contribution in [2.24, 2.45) is 5.73 Å². The number of hydrogen-bond acceptors (Lipinski definition) is 5. The summed E-state index contributed by atoms with van der Waals surface area (Å²) in [5.41, 5.74) is 6.13. The molecule has 1 unspecified atom stereocenters. The fourth-order valence-electron chi connectivity index (χ4n) is 2.29. The lowest BCUT2D eigenvalue weighted by Gasteiger charge is -2.23. The quantitative estimate of drug-likeness (QED) is 0.713. The van der Waals surface area contributed by atoms with Crippen LogP contribution >= 0.6 is 0 Å². The molecular weight excluding hydrogens is 244 g/mol. The molecule has 0 aromatic carbocycles. The molecule has 0 saturated carbocycles. The van der Waals surface area contributed by atoms with Gasteiger partial charge in [-0.05, 0) is 32.9 Å². The summed E-state index contributed by atoms with van der Waals surface area (Å²) >= 11 is 0. The van der Waals surface area contributed by atoms with Crippen LogP contribution in [0.4, 0.5) is 0 Å². The highest BCUT2D eigenvalue weighted by molar-refractivity contribution is 5.75. The van der Waals surface area contributed by atoms with E-state index in [0.717, 1.165) is 13.1 Å². The van der Waals surface area contributed by atoms with Gasteiger partial charge in [0, 0.05) is 19.1 Å². The van der Waals surface area contributed by atoms with Crippen molar-refractivity contribution in [1.29, 1.82) is 0 Å². The van der Waals surface area contributed by atoms with E-state index in [1.165, 1.54) is 17.5 Å². The zero-order chi connectivity index (χ0) is 13.7. The second-order valence-corrected chi connectivity index (χ2v) is 5.01. The first-order chi connectivity index (χ1) is 9.19. The Labute approximate surface area is 113 Å². The first-order valence-corrected chi connectivity index (χ1v) is 6.79. The van der Waals surface area contributed by atoms with Crippen molar-refractivity contribution in [3.05, 3.63) is 11.9 Å². The first kappa shape index (κ1) is 14.0. The predicted molar refractivity (Wildman–Crippen MR) is 71.2 cm³/mol. The maximum Gasteiger partial charge on any atom is 0.241 e. The molecule has 0 bridgehead atoms. The summed E-state index contributed by atoms with van der Waals surface area (Å²) in [5, 5.41) is 10.6. The van der Waals surface area contributed by atoms with E-state index in [4.69, 9.17) is 5.73 Å². The molecule has 2 heterocycles. The lowest BCUT2D eigenvalue weighted by molar-refractivity contribution is -0.122. The van der Waals surface area contributed by atoms with Gasteiger partial charge in [0.1, 0.15) is 6.54 Å². The Morgan fingerprint density at radius 3 is 2.89 bits per heavy atom. The summed E-state index contributed by atoms with van der Waals surface area (Å²) in [5.74, 6) is -0.0421. The third-order valence-electron chi connectivity index (χ3n) is 3.46. The van der Waals surface area contributed by atoms with Gasteiger partial charge in [0.05, 0.1) is 11.9 Å². The molecule has 0 spiro atoms. The maximum atomic E-state index is 11.8. The van der Waals surface area contributed by atoms with Crippen molar-refractivity contribution in [2.75, 3.05) is 19.6 Å². The standard InChI is InChI=1S/C12H22N6O/c1-10(17-4-2-3-5-17)7-14-12(19)9-18-8-11(6-13)15-16-18/h8,10H,2-7,9,13H2,1H3,(H,14,19). The number of nitrogens with two attached hydrogens (primary N) is 1. The average molecular weight is 266 g/mol.